The van der Waals surface area contributed by atoms with Crippen LogP contribution in [0, 0.1) is 0 Å². The molecule has 3 rings (SSSR count). The highest BCUT2D eigenvalue weighted by Gasteiger charge is 2.17. The molecule has 5 nitrogen and oxygen atoms in total. The van der Waals surface area contributed by atoms with E-state index in [0.717, 1.165) is 21.4 Å². The van der Waals surface area contributed by atoms with Crippen LogP contribution in [-0.4, -0.2) is 30.4 Å². The van der Waals surface area contributed by atoms with E-state index in [2.05, 4.69) is 10.3 Å². The molecule has 0 aliphatic carbocycles. The summed E-state index contributed by atoms with van der Waals surface area (Å²) in [6, 6.07) is 5.59. The maximum Gasteiger partial charge on any atom is 0.271 e. The van der Waals surface area contributed by atoms with Crippen LogP contribution in [0.2, 0.25) is 0 Å². The first-order valence-corrected chi connectivity index (χ1v) is 8.97. The third-order valence-electron chi connectivity index (χ3n) is 3.30. The number of thiazole rings is 1. The van der Waals surface area contributed by atoms with Gasteiger partial charge in [0.15, 0.2) is 11.5 Å². The molecule has 0 saturated heterocycles. The molecule has 2 heterocycles. The van der Waals surface area contributed by atoms with Gasteiger partial charge in [-0.25, -0.2) is 4.98 Å². The Hall–Kier alpha value is -1.73. The highest BCUT2D eigenvalue weighted by Crippen LogP contribution is 2.32. The Morgan fingerprint density at radius 1 is 1.36 bits per heavy atom. The summed E-state index contributed by atoms with van der Waals surface area (Å²) in [6.07, 6.45) is 1.94. The summed E-state index contributed by atoms with van der Waals surface area (Å²) < 4.78 is 12.0. The number of aromatic nitrogens is 1. The van der Waals surface area contributed by atoms with Crippen molar-refractivity contribution < 1.29 is 14.3 Å². The van der Waals surface area contributed by atoms with Crippen molar-refractivity contribution in [2.45, 2.75) is 17.3 Å². The van der Waals surface area contributed by atoms with Crippen molar-refractivity contribution in [1.82, 2.24) is 10.3 Å². The molecule has 1 N–H and O–H groups in total. The molecular weight excluding hydrogens is 320 g/mol. The van der Waals surface area contributed by atoms with Crippen LogP contribution in [0.3, 0.4) is 0 Å². The molecule has 0 radical (unpaired) electrons. The third-order valence-corrected chi connectivity index (χ3v) is 5.17. The lowest BCUT2D eigenvalue weighted by Gasteiger charge is -2.21. The lowest BCUT2D eigenvalue weighted by Crippen LogP contribution is -2.27. The Labute approximate surface area is 137 Å². The van der Waals surface area contributed by atoms with Gasteiger partial charge >= 0.3 is 0 Å². The van der Waals surface area contributed by atoms with Crippen molar-refractivity contribution in [3.63, 3.8) is 0 Å². The van der Waals surface area contributed by atoms with Gasteiger partial charge in [-0.05, 0) is 30.9 Å². The number of nitrogens with zero attached hydrogens (tertiary/aromatic N) is 1. The van der Waals surface area contributed by atoms with Crippen LogP contribution in [0.15, 0.2) is 27.9 Å². The Morgan fingerprint density at radius 2 is 2.14 bits per heavy atom. The summed E-state index contributed by atoms with van der Waals surface area (Å²) in [4.78, 5) is 16.5. The van der Waals surface area contributed by atoms with Crippen LogP contribution < -0.4 is 14.8 Å². The SMILES string of the molecule is CSc1nc(C(=O)N[C@@H](C)c2ccc3c(c2)OCCO3)cs1. The number of fused-ring (bicyclic) bond motifs is 1. The van der Waals surface area contributed by atoms with Crippen molar-refractivity contribution in [2.24, 2.45) is 0 Å². The molecule has 1 amide bonds. The van der Waals surface area contributed by atoms with E-state index in [-0.39, 0.29) is 11.9 Å². The van der Waals surface area contributed by atoms with E-state index >= 15 is 0 Å². The average molecular weight is 336 g/mol. The minimum atomic E-state index is -0.168. The zero-order valence-electron chi connectivity index (χ0n) is 12.3. The normalized spacial score (nSPS) is 14.5. The first-order chi connectivity index (χ1) is 10.7. The van der Waals surface area contributed by atoms with Gasteiger partial charge in [0, 0.05) is 5.38 Å². The molecule has 1 aliphatic heterocycles. The third kappa shape index (κ3) is 3.20. The van der Waals surface area contributed by atoms with Crippen molar-refractivity contribution in [1.29, 1.82) is 0 Å². The van der Waals surface area contributed by atoms with E-state index in [9.17, 15) is 4.79 Å². The average Bonchev–Trinajstić information content (AvgIpc) is 3.03. The van der Waals surface area contributed by atoms with E-state index in [1.807, 2.05) is 31.4 Å². The summed E-state index contributed by atoms with van der Waals surface area (Å²) in [5.41, 5.74) is 1.43. The minimum Gasteiger partial charge on any atom is -0.486 e. The molecule has 0 fully saturated rings. The maximum absolute atomic E-state index is 12.2. The Morgan fingerprint density at radius 3 is 2.86 bits per heavy atom. The predicted octanol–water partition coefficient (Wildman–Crippen LogP) is 3.13. The predicted molar refractivity (Wildman–Crippen MR) is 87.2 cm³/mol. The van der Waals surface area contributed by atoms with Gasteiger partial charge in [0.2, 0.25) is 0 Å². The summed E-state index contributed by atoms with van der Waals surface area (Å²) in [6.45, 7) is 3.05. The molecule has 1 aliphatic rings. The largest absolute Gasteiger partial charge is 0.486 e. The van der Waals surface area contributed by atoms with Crippen LogP contribution in [0.1, 0.15) is 29.0 Å². The number of benzene rings is 1. The Balaban J connectivity index is 1.71. The smallest absolute Gasteiger partial charge is 0.271 e. The Kier molecular flexibility index (Phi) is 4.54. The molecule has 0 bridgehead atoms. The topological polar surface area (TPSA) is 60.5 Å². The molecule has 116 valence electrons. The zero-order valence-corrected chi connectivity index (χ0v) is 13.9. The van der Waals surface area contributed by atoms with Crippen LogP contribution in [0.25, 0.3) is 0 Å². The van der Waals surface area contributed by atoms with Crippen LogP contribution in [0.5, 0.6) is 11.5 Å². The number of ether oxygens (including phenoxy) is 2. The second-order valence-corrected chi connectivity index (χ2v) is 6.71. The van der Waals surface area contributed by atoms with Gasteiger partial charge in [0.1, 0.15) is 23.2 Å². The number of thioether (sulfide) groups is 1. The van der Waals surface area contributed by atoms with E-state index in [4.69, 9.17) is 9.47 Å². The monoisotopic (exact) mass is 336 g/mol. The van der Waals surface area contributed by atoms with Crippen molar-refractivity contribution in [3.05, 3.63) is 34.8 Å². The Bertz CT molecular complexity index is 687. The van der Waals surface area contributed by atoms with Crippen molar-refractivity contribution >= 4 is 29.0 Å². The van der Waals surface area contributed by atoms with Crippen molar-refractivity contribution in [2.75, 3.05) is 19.5 Å². The molecule has 0 spiro atoms. The number of carbonyl (C=O) groups is 1. The summed E-state index contributed by atoms with van der Waals surface area (Å²) in [5.74, 6) is 1.31. The molecule has 0 saturated carbocycles. The molecule has 2 aromatic rings. The molecular formula is C15H16N2O3S2. The van der Waals surface area contributed by atoms with Gasteiger partial charge in [-0.15, -0.1) is 11.3 Å². The van der Waals surface area contributed by atoms with E-state index in [1.54, 1.807) is 5.38 Å². The highest BCUT2D eigenvalue weighted by atomic mass is 32.2. The summed E-state index contributed by atoms with van der Waals surface area (Å²) in [7, 11) is 0. The summed E-state index contributed by atoms with van der Waals surface area (Å²) in [5, 5.41) is 4.73. The standard InChI is InChI=1S/C15H16N2O3S2/c1-9(16-14(18)11-8-22-15(17-11)21-2)10-3-4-12-13(7-10)20-6-5-19-12/h3-4,7-9H,5-6H2,1-2H3,(H,16,18)/t9-/m0/s1. The summed E-state index contributed by atoms with van der Waals surface area (Å²) >= 11 is 3.01. The molecule has 7 heteroatoms. The first-order valence-electron chi connectivity index (χ1n) is 6.87. The molecule has 1 aromatic carbocycles. The second-order valence-electron chi connectivity index (χ2n) is 4.80. The number of hydrogen-bond donors (Lipinski definition) is 1. The quantitative estimate of drug-likeness (QED) is 0.869. The number of rotatable bonds is 4. The van der Waals surface area contributed by atoms with Gasteiger partial charge in [0.05, 0.1) is 6.04 Å². The van der Waals surface area contributed by atoms with Crippen molar-refractivity contribution in [3.8, 4) is 11.5 Å². The molecule has 1 aromatic heterocycles. The zero-order chi connectivity index (χ0) is 15.5. The maximum atomic E-state index is 12.2. The van der Waals surface area contributed by atoms with Gasteiger partial charge in [-0.1, -0.05) is 17.8 Å². The fourth-order valence-corrected chi connectivity index (χ4v) is 3.38. The number of amides is 1. The minimum absolute atomic E-state index is 0.136. The number of hydrogen-bond acceptors (Lipinski definition) is 6. The highest BCUT2D eigenvalue weighted by molar-refractivity contribution is 8.00. The van der Waals surface area contributed by atoms with Gasteiger partial charge in [-0.3, -0.25) is 4.79 Å². The van der Waals surface area contributed by atoms with Crippen LogP contribution in [0.4, 0.5) is 0 Å². The molecule has 0 unspecified atom stereocenters. The lowest BCUT2D eigenvalue weighted by molar-refractivity contribution is 0.0935. The molecule has 22 heavy (non-hydrogen) atoms. The fraction of sp³-hybridized carbons (Fsp3) is 0.333. The van der Waals surface area contributed by atoms with E-state index in [0.29, 0.717) is 18.9 Å². The first kappa shape index (κ1) is 15.2. The van der Waals surface area contributed by atoms with Gasteiger partial charge in [0.25, 0.3) is 5.91 Å². The number of nitrogens with one attached hydrogen (secondary N) is 1. The van der Waals surface area contributed by atoms with Crippen LogP contribution >= 0.6 is 23.1 Å². The van der Waals surface area contributed by atoms with Gasteiger partial charge in [-0.2, -0.15) is 0 Å². The van der Waals surface area contributed by atoms with E-state index < -0.39 is 0 Å². The fourth-order valence-electron chi connectivity index (χ4n) is 2.14. The lowest BCUT2D eigenvalue weighted by atomic mass is 10.1. The van der Waals surface area contributed by atoms with Gasteiger partial charge < -0.3 is 14.8 Å². The number of carbonyl (C=O) groups excluding carboxylic acids is 1. The molecule has 1 atom stereocenters. The van der Waals surface area contributed by atoms with E-state index in [1.165, 1.54) is 23.1 Å². The second kappa shape index (κ2) is 6.58. The van der Waals surface area contributed by atoms with Crippen LogP contribution in [-0.2, 0) is 0 Å².